The third kappa shape index (κ3) is 3.66. The molecule has 1 aromatic rings. The number of hydrogen-bond acceptors (Lipinski definition) is 2. The second-order valence-corrected chi connectivity index (χ2v) is 5.88. The first-order valence-corrected chi connectivity index (χ1v) is 7.22. The SMILES string of the molecule is CC(NC(=O)C1(CN)CCCC1)c1cccc(Cl)c1.Cl. The van der Waals surface area contributed by atoms with Crippen molar-refractivity contribution in [3.8, 4) is 0 Å². The zero-order valence-electron chi connectivity index (χ0n) is 11.7. The zero-order valence-corrected chi connectivity index (χ0v) is 13.3. The number of nitrogens with one attached hydrogen (secondary N) is 1. The van der Waals surface area contributed by atoms with E-state index in [0.717, 1.165) is 31.2 Å². The van der Waals surface area contributed by atoms with Crippen LogP contribution in [0.15, 0.2) is 24.3 Å². The van der Waals surface area contributed by atoms with Crippen LogP contribution in [0.3, 0.4) is 0 Å². The molecule has 1 fully saturated rings. The average molecular weight is 317 g/mol. The van der Waals surface area contributed by atoms with Crippen molar-refractivity contribution in [2.24, 2.45) is 11.1 Å². The van der Waals surface area contributed by atoms with E-state index < -0.39 is 0 Å². The van der Waals surface area contributed by atoms with E-state index >= 15 is 0 Å². The van der Waals surface area contributed by atoms with Crippen molar-refractivity contribution in [3.63, 3.8) is 0 Å². The van der Waals surface area contributed by atoms with Crippen LogP contribution in [0.4, 0.5) is 0 Å². The molecule has 1 aromatic carbocycles. The number of halogens is 2. The summed E-state index contributed by atoms with van der Waals surface area (Å²) >= 11 is 5.97. The summed E-state index contributed by atoms with van der Waals surface area (Å²) in [7, 11) is 0. The van der Waals surface area contributed by atoms with Crippen LogP contribution >= 0.6 is 24.0 Å². The summed E-state index contributed by atoms with van der Waals surface area (Å²) in [6.45, 7) is 2.41. The van der Waals surface area contributed by atoms with E-state index in [1.165, 1.54) is 0 Å². The fraction of sp³-hybridized carbons (Fsp3) is 0.533. The molecule has 0 heterocycles. The third-order valence-electron chi connectivity index (χ3n) is 4.13. The minimum atomic E-state index is -0.354. The standard InChI is InChI=1S/C15H21ClN2O.ClH/c1-11(12-5-4-6-13(16)9-12)18-14(19)15(10-17)7-2-3-8-15;/h4-6,9,11H,2-3,7-8,10,17H2,1H3,(H,18,19);1H. The summed E-state index contributed by atoms with van der Waals surface area (Å²) in [4.78, 5) is 12.4. The molecule has 0 aromatic heterocycles. The highest BCUT2D eigenvalue weighted by molar-refractivity contribution is 6.30. The van der Waals surface area contributed by atoms with E-state index in [9.17, 15) is 4.79 Å². The Hall–Kier alpha value is -0.770. The van der Waals surface area contributed by atoms with Crippen molar-refractivity contribution in [2.75, 3.05) is 6.54 Å². The number of amides is 1. The second kappa shape index (κ2) is 7.30. The highest BCUT2D eigenvalue weighted by Gasteiger charge is 2.40. The number of hydrogen-bond donors (Lipinski definition) is 2. The lowest BCUT2D eigenvalue weighted by Gasteiger charge is -2.28. The molecule has 0 radical (unpaired) electrons. The first-order chi connectivity index (χ1) is 9.07. The maximum Gasteiger partial charge on any atom is 0.227 e. The Bertz CT molecular complexity index is 459. The van der Waals surface area contributed by atoms with Crippen molar-refractivity contribution >= 4 is 29.9 Å². The molecular weight excluding hydrogens is 295 g/mol. The van der Waals surface area contributed by atoms with Crippen LogP contribution in [0.1, 0.15) is 44.2 Å². The molecule has 112 valence electrons. The van der Waals surface area contributed by atoms with Gasteiger partial charge in [-0.2, -0.15) is 0 Å². The summed E-state index contributed by atoms with van der Waals surface area (Å²) in [5.74, 6) is 0.0833. The van der Waals surface area contributed by atoms with Crippen molar-refractivity contribution in [3.05, 3.63) is 34.9 Å². The van der Waals surface area contributed by atoms with Crippen LogP contribution in [-0.2, 0) is 4.79 Å². The van der Waals surface area contributed by atoms with Crippen LogP contribution in [-0.4, -0.2) is 12.5 Å². The van der Waals surface area contributed by atoms with E-state index in [1.54, 1.807) is 0 Å². The molecule has 20 heavy (non-hydrogen) atoms. The third-order valence-corrected chi connectivity index (χ3v) is 4.36. The highest BCUT2D eigenvalue weighted by Crippen LogP contribution is 2.37. The van der Waals surface area contributed by atoms with E-state index in [1.807, 2.05) is 31.2 Å². The summed E-state index contributed by atoms with van der Waals surface area (Å²) in [6, 6.07) is 7.54. The molecule has 0 spiro atoms. The lowest BCUT2D eigenvalue weighted by molar-refractivity contribution is -0.131. The number of carbonyl (C=O) groups is 1. The fourth-order valence-electron chi connectivity index (χ4n) is 2.78. The van der Waals surface area contributed by atoms with Crippen LogP contribution in [0.25, 0.3) is 0 Å². The van der Waals surface area contributed by atoms with E-state index in [-0.39, 0.29) is 29.8 Å². The van der Waals surface area contributed by atoms with E-state index in [0.29, 0.717) is 11.6 Å². The van der Waals surface area contributed by atoms with Gasteiger partial charge in [-0.25, -0.2) is 0 Å². The Morgan fingerprint density at radius 3 is 2.65 bits per heavy atom. The quantitative estimate of drug-likeness (QED) is 0.893. The maximum absolute atomic E-state index is 12.4. The Morgan fingerprint density at radius 1 is 1.45 bits per heavy atom. The van der Waals surface area contributed by atoms with Crippen molar-refractivity contribution in [1.82, 2.24) is 5.32 Å². The van der Waals surface area contributed by atoms with Gasteiger partial charge < -0.3 is 11.1 Å². The Labute approximate surface area is 131 Å². The predicted octanol–water partition coefficient (Wildman–Crippen LogP) is 3.46. The molecule has 0 saturated heterocycles. The number of benzene rings is 1. The summed E-state index contributed by atoms with van der Waals surface area (Å²) in [5.41, 5.74) is 6.49. The largest absolute Gasteiger partial charge is 0.349 e. The van der Waals surface area contributed by atoms with Gasteiger partial charge in [-0.05, 0) is 37.5 Å². The molecule has 1 amide bonds. The minimum Gasteiger partial charge on any atom is -0.349 e. The average Bonchev–Trinajstić information content (AvgIpc) is 2.88. The molecule has 0 bridgehead atoms. The lowest BCUT2D eigenvalue weighted by Crippen LogP contribution is -2.44. The van der Waals surface area contributed by atoms with Crippen molar-refractivity contribution in [1.29, 1.82) is 0 Å². The van der Waals surface area contributed by atoms with Crippen LogP contribution in [0.5, 0.6) is 0 Å². The molecule has 1 aliphatic rings. The van der Waals surface area contributed by atoms with Crippen molar-refractivity contribution < 1.29 is 4.79 Å². The summed E-state index contributed by atoms with van der Waals surface area (Å²) < 4.78 is 0. The van der Waals surface area contributed by atoms with Crippen LogP contribution < -0.4 is 11.1 Å². The summed E-state index contributed by atoms with van der Waals surface area (Å²) in [5, 5.41) is 3.77. The molecule has 1 saturated carbocycles. The number of nitrogens with two attached hydrogens (primary N) is 1. The molecule has 5 heteroatoms. The normalized spacial score (nSPS) is 18.1. The van der Waals surface area contributed by atoms with Gasteiger partial charge in [-0.3, -0.25) is 4.79 Å². The monoisotopic (exact) mass is 316 g/mol. The van der Waals surface area contributed by atoms with Gasteiger partial charge in [0.1, 0.15) is 0 Å². The van der Waals surface area contributed by atoms with Crippen LogP contribution in [0, 0.1) is 5.41 Å². The van der Waals surface area contributed by atoms with Crippen molar-refractivity contribution in [2.45, 2.75) is 38.6 Å². The van der Waals surface area contributed by atoms with Gasteiger partial charge in [0.05, 0.1) is 11.5 Å². The Kier molecular flexibility index (Phi) is 6.31. The summed E-state index contributed by atoms with van der Waals surface area (Å²) in [6.07, 6.45) is 3.99. The van der Waals surface area contributed by atoms with Gasteiger partial charge in [0, 0.05) is 11.6 Å². The van der Waals surface area contributed by atoms with Gasteiger partial charge in [0.2, 0.25) is 5.91 Å². The molecule has 2 rings (SSSR count). The Morgan fingerprint density at radius 2 is 2.10 bits per heavy atom. The topological polar surface area (TPSA) is 55.1 Å². The smallest absolute Gasteiger partial charge is 0.227 e. The molecule has 1 unspecified atom stereocenters. The molecule has 3 N–H and O–H groups in total. The van der Waals surface area contributed by atoms with Gasteiger partial charge in [0.15, 0.2) is 0 Å². The number of rotatable bonds is 4. The highest BCUT2D eigenvalue weighted by atomic mass is 35.5. The van der Waals surface area contributed by atoms with Crippen LogP contribution in [0.2, 0.25) is 5.02 Å². The Balaban J connectivity index is 0.00000200. The fourth-order valence-corrected chi connectivity index (χ4v) is 2.98. The molecule has 0 aliphatic heterocycles. The second-order valence-electron chi connectivity index (χ2n) is 5.44. The van der Waals surface area contributed by atoms with Gasteiger partial charge >= 0.3 is 0 Å². The van der Waals surface area contributed by atoms with Gasteiger partial charge in [0.25, 0.3) is 0 Å². The lowest BCUT2D eigenvalue weighted by atomic mass is 9.85. The number of carbonyl (C=O) groups excluding carboxylic acids is 1. The first kappa shape index (κ1) is 17.3. The molecule has 1 atom stereocenters. The molecule has 1 aliphatic carbocycles. The zero-order chi connectivity index (χ0) is 13.9. The van der Waals surface area contributed by atoms with Gasteiger partial charge in [-0.1, -0.05) is 36.6 Å². The predicted molar refractivity (Wildman–Crippen MR) is 85.2 cm³/mol. The first-order valence-electron chi connectivity index (χ1n) is 6.84. The molecular formula is C15H22Cl2N2O. The van der Waals surface area contributed by atoms with E-state index in [4.69, 9.17) is 17.3 Å². The minimum absolute atomic E-state index is 0. The maximum atomic E-state index is 12.4. The van der Waals surface area contributed by atoms with Gasteiger partial charge in [-0.15, -0.1) is 12.4 Å². The van der Waals surface area contributed by atoms with E-state index in [2.05, 4.69) is 5.32 Å². The molecule has 3 nitrogen and oxygen atoms in total.